The number of nitrogens with one attached hydrogen (secondary N) is 2. The van der Waals surface area contributed by atoms with E-state index in [0.717, 1.165) is 16.8 Å². The summed E-state index contributed by atoms with van der Waals surface area (Å²) in [4.78, 5) is 23.9. The van der Waals surface area contributed by atoms with E-state index in [1.165, 1.54) is 4.57 Å². The van der Waals surface area contributed by atoms with Crippen LogP contribution in [0.3, 0.4) is 0 Å². The number of hydrogen-bond donors (Lipinski definition) is 2. The average Bonchev–Trinajstić information content (AvgIpc) is 2.33. The van der Waals surface area contributed by atoms with Crippen LogP contribution in [-0.2, 0) is 11.3 Å². The van der Waals surface area contributed by atoms with Gasteiger partial charge in [0.1, 0.15) is 12.2 Å². The first-order chi connectivity index (χ1) is 8.43. The van der Waals surface area contributed by atoms with Crippen molar-refractivity contribution in [2.45, 2.75) is 34.2 Å². The third-order valence-corrected chi connectivity index (χ3v) is 3.27. The smallest absolute Gasteiger partial charge is 0.274 e. The quantitative estimate of drug-likeness (QED) is 0.837. The Bertz CT molecular complexity index is 518. The molecule has 0 radical (unpaired) electrons. The van der Waals surface area contributed by atoms with Crippen LogP contribution in [0.15, 0.2) is 4.79 Å². The topological polar surface area (TPSA) is 63.1 Å². The first-order valence-corrected chi connectivity index (χ1v) is 6.09. The maximum atomic E-state index is 12.3. The van der Waals surface area contributed by atoms with Gasteiger partial charge < -0.3 is 15.2 Å². The monoisotopic (exact) mass is 251 g/mol. The van der Waals surface area contributed by atoms with Gasteiger partial charge in [-0.1, -0.05) is 0 Å². The van der Waals surface area contributed by atoms with Crippen molar-refractivity contribution in [1.82, 2.24) is 9.88 Å². The van der Waals surface area contributed by atoms with Gasteiger partial charge in [0.2, 0.25) is 5.91 Å². The van der Waals surface area contributed by atoms with Gasteiger partial charge >= 0.3 is 0 Å². The van der Waals surface area contributed by atoms with E-state index < -0.39 is 0 Å². The molecule has 1 amide bonds. The van der Waals surface area contributed by atoms with Gasteiger partial charge in [0, 0.05) is 19.3 Å². The van der Waals surface area contributed by atoms with Crippen molar-refractivity contribution in [1.29, 1.82) is 0 Å². The van der Waals surface area contributed by atoms with E-state index in [2.05, 4.69) is 10.6 Å². The first-order valence-electron chi connectivity index (χ1n) is 6.09. The van der Waals surface area contributed by atoms with Crippen LogP contribution in [0.2, 0.25) is 0 Å². The fraction of sp³-hybridized carbons (Fsp3) is 0.538. The molecule has 0 unspecified atom stereocenters. The summed E-state index contributed by atoms with van der Waals surface area (Å²) in [5.74, 6) is -0.145. The van der Waals surface area contributed by atoms with E-state index in [4.69, 9.17) is 0 Å². The second-order valence-corrected chi connectivity index (χ2v) is 4.31. The average molecular weight is 251 g/mol. The highest BCUT2D eigenvalue weighted by Gasteiger charge is 2.14. The van der Waals surface area contributed by atoms with E-state index in [-0.39, 0.29) is 18.0 Å². The molecule has 100 valence electrons. The minimum atomic E-state index is -0.149. The van der Waals surface area contributed by atoms with Gasteiger partial charge in [0.25, 0.3) is 5.56 Å². The lowest BCUT2D eigenvalue weighted by Gasteiger charge is -2.17. The summed E-state index contributed by atoms with van der Waals surface area (Å²) in [6.07, 6.45) is 0. The Morgan fingerprint density at radius 1 is 1.22 bits per heavy atom. The molecule has 0 aliphatic rings. The predicted octanol–water partition coefficient (Wildman–Crippen LogP) is 0.951. The minimum absolute atomic E-state index is 0.0638. The molecule has 5 nitrogen and oxygen atoms in total. The second-order valence-electron chi connectivity index (χ2n) is 4.31. The summed E-state index contributed by atoms with van der Waals surface area (Å²) in [5, 5.41) is 5.61. The van der Waals surface area contributed by atoms with E-state index in [9.17, 15) is 9.59 Å². The van der Waals surface area contributed by atoms with Crippen molar-refractivity contribution in [2.75, 3.05) is 18.9 Å². The highest BCUT2D eigenvalue weighted by atomic mass is 16.2. The Hall–Kier alpha value is -1.78. The third-order valence-electron chi connectivity index (χ3n) is 3.27. The van der Waals surface area contributed by atoms with Gasteiger partial charge in [-0.05, 0) is 38.8 Å². The zero-order valence-electron chi connectivity index (χ0n) is 11.7. The lowest BCUT2D eigenvalue weighted by molar-refractivity contribution is -0.121. The standard InChI is InChI=1S/C13H21N3O2/c1-6-15-11(17)7-16-10(4)8(2)9(3)12(14-5)13(16)18/h14H,6-7H2,1-5H3,(H,15,17). The maximum absolute atomic E-state index is 12.3. The van der Waals surface area contributed by atoms with Crippen LogP contribution in [0.1, 0.15) is 23.7 Å². The number of hydrogen-bond acceptors (Lipinski definition) is 3. The van der Waals surface area contributed by atoms with Crippen LogP contribution in [0.5, 0.6) is 0 Å². The molecule has 0 atom stereocenters. The van der Waals surface area contributed by atoms with E-state index in [0.29, 0.717) is 12.2 Å². The molecule has 0 saturated heterocycles. The maximum Gasteiger partial charge on any atom is 0.274 e. The molecule has 0 aromatic carbocycles. The Kier molecular flexibility index (Phi) is 4.53. The van der Waals surface area contributed by atoms with Crippen molar-refractivity contribution < 1.29 is 4.79 Å². The molecule has 0 fully saturated rings. The van der Waals surface area contributed by atoms with E-state index >= 15 is 0 Å². The summed E-state index contributed by atoms with van der Waals surface area (Å²) < 4.78 is 1.51. The van der Waals surface area contributed by atoms with Crippen LogP contribution >= 0.6 is 0 Å². The van der Waals surface area contributed by atoms with Gasteiger partial charge in [-0.3, -0.25) is 9.59 Å². The van der Waals surface area contributed by atoms with Crippen LogP contribution < -0.4 is 16.2 Å². The van der Waals surface area contributed by atoms with Crippen LogP contribution in [0.4, 0.5) is 5.69 Å². The predicted molar refractivity (Wildman–Crippen MR) is 73.1 cm³/mol. The fourth-order valence-electron chi connectivity index (χ4n) is 1.99. The largest absolute Gasteiger partial charge is 0.383 e. The van der Waals surface area contributed by atoms with Crippen molar-refractivity contribution in [3.63, 3.8) is 0 Å². The summed E-state index contributed by atoms with van der Waals surface area (Å²) >= 11 is 0. The number of pyridine rings is 1. The van der Waals surface area contributed by atoms with Gasteiger partial charge in [-0.2, -0.15) is 0 Å². The van der Waals surface area contributed by atoms with Crippen molar-refractivity contribution >= 4 is 11.6 Å². The first kappa shape index (κ1) is 14.3. The lowest BCUT2D eigenvalue weighted by atomic mass is 10.1. The Morgan fingerprint density at radius 3 is 2.33 bits per heavy atom. The molecule has 0 aliphatic carbocycles. The molecule has 5 heteroatoms. The molecule has 18 heavy (non-hydrogen) atoms. The highest BCUT2D eigenvalue weighted by molar-refractivity contribution is 5.76. The number of carbonyl (C=O) groups is 1. The summed E-state index contributed by atoms with van der Waals surface area (Å²) in [7, 11) is 1.72. The molecule has 2 N–H and O–H groups in total. The normalized spacial score (nSPS) is 10.3. The Labute approximate surface area is 107 Å². The minimum Gasteiger partial charge on any atom is -0.383 e. The highest BCUT2D eigenvalue weighted by Crippen LogP contribution is 2.17. The van der Waals surface area contributed by atoms with Crippen LogP contribution in [0.25, 0.3) is 0 Å². The zero-order valence-corrected chi connectivity index (χ0v) is 11.7. The van der Waals surface area contributed by atoms with Crippen LogP contribution in [0, 0.1) is 20.8 Å². The number of carbonyl (C=O) groups excluding carboxylic acids is 1. The van der Waals surface area contributed by atoms with Crippen molar-refractivity contribution in [2.24, 2.45) is 0 Å². The number of rotatable bonds is 4. The molecule has 0 bridgehead atoms. The van der Waals surface area contributed by atoms with Gasteiger partial charge in [-0.25, -0.2) is 0 Å². The van der Waals surface area contributed by atoms with Crippen molar-refractivity contribution in [3.05, 3.63) is 27.2 Å². The Balaban J connectivity index is 3.32. The second kappa shape index (κ2) is 5.71. The third kappa shape index (κ3) is 2.55. The lowest BCUT2D eigenvalue weighted by Crippen LogP contribution is -2.34. The number of aromatic nitrogens is 1. The molecule has 0 aliphatic heterocycles. The molecule has 0 spiro atoms. The molecule has 1 heterocycles. The van der Waals surface area contributed by atoms with Gasteiger partial charge in [-0.15, -0.1) is 0 Å². The SMILES string of the molecule is CCNC(=O)Cn1c(C)c(C)c(C)c(NC)c1=O. The van der Waals surface area contributed by atoms with Crippen molar-refractivity contribution in [3.8, 4) is 0 Å². The molecular formula is C13H21N3O2. The van der Waals surface area contributed by atoms with E-state index in [1.807, 2.05) is 27.7 Å². The fourth-order valence-corrected chi connectivity index (χ4v) is 1.99. The zero-order chi connectivity index (χ0) is 13.9. The van der Waals surface area contributed by atoms with E-state index in [1.54, 1.807) is 7.05 Å². The number of nitrogens with zero attached hydrogens (tertiary/aromatic N) is 1. The molecule has 1 aromatic heterocycles. The number of anilines is 1. The molecule has 1 rings (SSSR count). The summed E-state index contributed by atoms with van der Waals surface area (Å²) in [6.45, 7) is 8.21. The molecular weight excluding hydrogens is 230 g/mol. The van der Waals surface area contributed by atoms with Gasteiger partial charge in [0.15, 0.2) is 0 Å². The molecule has 1 aromatic rings. The number of amides is 1. The van der Waals surface area contributed by atoms with Gasteiger partial charge in [0.05, 0.1) is 0 Å². The Morgan fingerprint density at radius 2 is 1.83 bits per heavy atom. The van der Waals surface area contributed by atoms with Crippen LogP contribution in [-0.4, -0.2) is 24.1 Å². The molecule has 0 saturated carbocycles. The summed E-state index contributed by atoms with van der Waals surface area (Å²) in [5.41, 5.74) is 3.21. The summed E-state index contributed by atoms with van der Waals surface area (Å²) in [6, 6.07) is 0. The number of likely N-dealkylation sites (N-methyl/N-ethyl adjacent to an activating group) is 1.